The van der Waals surface area contributed by atoms with E-state index < -0.39 is 11.8 Å². The van der Waals surface area contributed by atoms with Gasteiger partial charge in [0.1, 0.15) is 0 Å². The number of Topliss-reactive ketones (excluding diaryl/α,β-unsaturated/α-hetero) is 1. The smallest absolute Gasteiger partial charge is 0.243 e. The number of fused-ring (bicyclic) bond motifs is 5. The molecule has 1 aliphatic carbocycles. The van der Waals surface area contributed by atoms with Gasteiger partial charge in [-0.2, -0.15) is 0 Å². The molecule has 1 saturated heterocycles. The molecule has 5 nitrogen and oxygen atoms in total. The molecule has 25 heavy (non-hydrogen) atoms. The lowest BCUT2D eigenvalue weighted by Crippen LogP contribution is -2.30. The van der Waals surface area contributed by atoms with Crippen LogP contribution in [0.4, 0.5) is 5.69 Å². The number of amides is 2. The molecule has 0 spiro atoms. The Balaban J connectivity index is 1.70. The van der Waals surface area contributed by atoms with Gasteiger partial charge in [-0.05, 0) is 18.2 Å². The minimum atomic E-state index is -0.624. The van der Waals surface area contributed by atoms with Crippen LogP contribution in [0.25, 0.3) is 10.9 Å². The van der Waals surface area contributed by atoms with E-state index in [9.17, 15) is 14.4 Å². The fourth-order valence-corrected chi connectivity index (χ4v) is 4.09. The molecule has 1 aromatic heterocycles. The number of ketones is 1. The minimum Gasteiger partial charge on any atom is -0.357 e. The summed E-state index contributed by atoms with van der Waals surface area (Å²) in [5.74, 6) is -1.88. The normalized spacial score (nSPS) is 22.4. The lowest BCUT2D eigenvalue weighted by atomic mass is 9.79. The Morgan fingerprint density at radius 3 is 2.40 bits per heavy atom. The first-order valence-corrected chi connectivity index (χ1v) is 8.23. The van der Waals surface area contributed by atoms with Crippen LogP contribution in [0.3, 0.4) is 0 Å². The Kier molecular flexibility index (Phi) is 2.77. The van der Waals surface area contributed by atoms with E-state index in [0.717, 1.165) is 10.9 Å². The second-order valence-electron chi connectivity index (χ2n) is 6.52. The molecule has 2 amide bonds. The summed E-state index contributed by atoms with van der Waals surface area (Å²) in [7, 11) is 0. The van der Waals surface area contributed by atoms with Crippen molar-refractivity contribution < 1.29 is 14.4 Å². The van der Waals surface area contributed by atoms with Gasteiger partial charge >= 0.3 is 0 Å². The highest BCUT2D eigenvalue weighted by Gasteiger charge is 2.54. The maximum atomic E-state index is 13.1. The quantitative estimate of drug-likeness (QED) is 0.697. The summed E-state index contributed by atoms with van der Waals surface area (Å²) in [6, 6.07) is 16.4. The summed E-state index contributed by atoms with van der Waals surface area (Å²) < 4.78 is 0. The first kappa shape index (κ1) is 14.2. The van der Waals surface area contributed by atoms with Crippen LogP contribution in [0.5, 0.6) is 0 Å². The van der Waals surface area contributed by atoms with Crippen LogP contribution in [0.1, 0.15) is 28.4 Å². The third-order valence-electron chi connectivity index (χ3n) is 5.17. The highest BCUT2D eigenvalue weighted by molar-refractivity contribution is 6.27. The number of carbonyl (C=O) groups is 3. The van der Waals surface area contributed by atoms with Crippen LogP contribution in [0, 0.1) is 5.92 Å². The number of hydrogen-bond acceptors (Lipinski definition) is 3. The van der Waals surface area contributed by atoms with Crippen molar-refractivity contribution in [1.29, 1.82) is 0 Å². The summed E-state index contributed by atoms with van der Waals surface area (Å²) >= 11 is 0. The number of H-pyrrole nitrogens is 1. The monoisotopic (exact) mass is 330 g/mol. The number of carbonyl (C=O) groups excluding carboxylic acids is 3. The van der Waals surface area contributed by atoms with E-state index in [1.165, 1.54) is 4.90 Å². The Morgan fingerprint density at radius 1 is 0.880 bits per heavy atom. The number of para-hydroxylation sites is 2. The molecule has 1 N–H and O–H groups in total. The number of rotatable bonds is 1. The fourth-order valence-electron chi connectivity index (χ4n) is 4.09. The van der Waals surface area contributed by atoms with Crippen LogP contribution in [0.2, 0.25) is 0 Å². The van der Waals surface area contributed by atoms with Gasteiger partial charge in [0.15, 0.2) is 5.78 Å². The second-order valence-corrected chi connectivity index (χ2v) is 6.52. The Bertz CT molecular complexity index is 1050. The molecule has 1 aliphatic heterocycles. The van der Waals surface area contributed by atoms with Gasteiger partial charge in [-0.25, -0.2) is 4.90 Å². The summed E-state index contributed by atoms with van der Waals surface area (Å²) in [6.45, 7) is 0. The highest BCUT2D eigenvalue weighted by Crippen LogP contribution is 2.45. The van der Waals surface area contributed by atoms with Crippen molar-refractivity contribution in [1.82, 2.24) is 4.98 Å². The standard InChI is InChI=1S/C20H14N2O3/c23-15-10-13-17(18-16(15)12-8-4-5-9-14(12)21-18)20(25)22(19(13)24)11-6-2-1-3-7-11/h1-9,13,17,21H,10H2. The molecule has 2 atom stereocenters. The van der Waals surface area contributed by atoms with Crippen molar-refractivity contribution in [2.24, 2.45) is 5.92 Å². The molecule has 0 bridgehead atoms. The maximum Gasteiger partial charge on any atom is 0.243 e. The van der Waals surface area contributed by atoms with Crippen LogP contribution in [0.15, 0.2) is 54.6 Å². The molecule has 1 fully saturated rings. The zero-order valence-corrected chi connectivity index (χ0v) is 13.2. The molecular weight excluding hydrogens is 316 g/mol. The molecule has 2 aliphatic rings. The van der Waals surface area contributed by atoms with Crippen molar-refractivity contribution in [3.63, 3.8) is 0 Å². The van der Waals surface area contributed by atoms with E-state index in [1.807, 2.05) is 30.3 Å². The van der Waals surface area contributed by atoms with Crippen molar-refractivity contribution in [2.75, 3.05) is 4.90 Å². The summed E-state index contributed by atoms with van der Waals surface area (Å²) in [5.41, 5.74) is 2.52. The van der Waals surface area contributed by atoms with E-state index in [0.29, 0.717) is 16.9 Å². The van der Waals surface area contributed by atoms with E-state index in [2.05, 4.69) is 4.98 Å². The second kappa shape index (κ2) is 4.89. The number of anilines is 1. The third kappa shape index (κ3) is 1.80. The number of nitrogens with zero attached hydrogens (tertiary/aromatic N) is 1. The first-order valence-electron chi connectivity index (χ1n) is 8.23. The lowest BCUT2D eigenvalue weighted by molar-refractivity contribution is -0.122. The highest BCUT2D eigenvalue weighted by atomic mass is 16.2. The van der Waals surface area contributed by atoms with Gasteiger partial charge in [0.2, 0.25) is 11.8 Å². The summed E-state index contributed by atoms with van der Waals surface area (Å²) in [6.07, 6.45) is 0.0768. The number of hydrogen-bond donors (Lipinski definition) is 1. The Hall–Kier alpha value is -3.21. The van der Waals surface area contributed by atoms with Gasteiger partial charge in [0, 0.05) is 28.6 Å². The number of aromatic amines is 1. The topological polar surface area (TPSA) is 70.2 Å². The number of nitrogens with one attached hydrogen (secondary N) is 1. The van der Waals surface area contributed by atoms with Crippen molar-refractivity contribution in [2.45, 2.75) is 12.3 Å². The van der Waals surface area contributed by atoms with Crippen LogP contribution in [-0.4, -0.2) is 22.6 Å². The van der Waals surface area contributed by atoms with Gasteiger partial charge in [-0.15, -0.1) is 0 Å². The average molecular weight is 330 g/mol. The van der Waals surface area contributed by atoms with Crippen molar-refractivity contribution in [3.05, 3.63) is 65.9 Å². The van der Waals surface area contributed by atoms with E-state index in [1.54, 1.807) is 24.3 Å². The Labute approximate surface area is 143 Å². The SMILES string of the molecule is O=C1CC2C(=O)N(c3ccccc3)C(=O)C2c2[nH]c3ccccc3c21. The minimum absolute atomic E-state index is 0.0768. The molecule has 2 aromatic carbocycles. The zero-order valence-electron chi connectivity index (χ0n) is 13.2. The molecule has 2 heterocycles. The molecule has 5 rings (SSSR count). The maximum absolute atomic E-state index is 13.1. The summed E-state index contributed by atoms with van der Waals surface area (Å²) in [4.78, 5) is 43.1. The molecule has 3 aromatic rings. The van der Waals surface area contributed by atoms with Crippen LogP contribution >= 0.6 is 0 Å². The summed E-state index contributed by atoms with van der Waals surface area (Å²) in [5, 5.41) is 0.819. The zero-order chi connectivity index (χ0) is 17.1. The first-order chi connectivity index (χ1) is 12.2. The average Bonchev–Trinajstić information content (AvgIpc) is 3.12. The van der Waals surface area contributed by atoms with Gasteiger partial charge in [0.05, 0.1) is 17.5 Å². The third-order valence-corrected chi connectivity index (χ3v) is 5.17. The number of benzene rings is 2. The van der Waals surface area contributed by atoms with Crippen molar-refractivity contribution >= 4 is 34.2 Å². The van der Waals surface area contributed by atoms with E-state index in [4.69, 9.17) is 0 Å². The predicted octanol–water partition coefficient (Wildman–Crippen LogP) is 3.03. The van der Waals surface area contributed by atoms with Gasteiger partial charge in [-0.3, -0.25) is 14.4 Å². The van der Waals surface area contributed by atoms with E-state index >= 15 is 0 Å². The fraction of sp³-hybridized carbons (Fsp3) is 0.150. The van der Waals surface area contributed by atoms with Gasteiger partial charge in [0.25, 0.3) is 0 Å². The molecule has 2 unspecified atom stereocenters. The van der Waals surface area contributed by atoms with Gasteiger partial charge in [-0.1, -0.05) is 36.4 Å². The van der Waals surface area contributed by atoms with E-state index in [-0.39, 0.29) is 24.0 Å². The lowest BCUT2D eigenvalue weighted by Gasteiger charge is -2.20. The molecule has 0 saturated carbocycles. The largest absolute Gasteiger partial charge is 0.357 e. The molecule has 5 heteroatoms. The number of aromatic nitrogens is 1. The predicted molar refractivity (Wildman–Crippen MR) is 92.4 cm³/mol. The van der Waals surface area contributed by atoms with Crippen LogP contribution in [-0.2, 0) is 9.59 Å². The number of imide groups is 1. The molecular formula is C20H14N2O3. The molecule has 122 valence electrons. The Morgan fingerprint density at radius 2 is 1.60 bits per heavy atom. The molecule has 0 radical (unpaired) electrons. The van der Waals surface area contributed by atoms with Crippen LogP contribution < -0.4 is 4.90 Å². The van der Waals surface area contributed by atoms with Crippen molar-refractivity contribution in [3.8, 4) is 0 Å². The van der Waals surface area contributed by atoms with Gasteiger partial charge < -0.3 is 4.98 Å².